The Morgan fingerprint density at radius 2 is 1.88 bits per heavy atom. The lowest BCUT2D eigenvalue weighted by Crippen LogP contribution is -2.35. The first-order valence-electron chi connectivity index (χ1n) is 6.09. The van der Waals surface area contributed by atoms with Gasteiger partial charge in [-0.15, -0.1) is 0 Å². The number of rotatable bonds is 11. The van der Waals surface area contributed by atoms with E-state index >= 15 is 0 Å². The number of hydrogen-bond donors (Lipinski definition) is 1. The predicted molar refractivity (Wildman–Crippen MR) is 65.8 cm³/mol. The molecule has 0 aliphatic carbocycles. The summed E-state index contributed by atoms with van der Waals surface area (Å²) in [5.74, 6) is 0.659. The zero-order valence-electron chi connectivity index (χ0n) is 11.1. The van der Waals surface area contributed by atoms with Crippen molar-refractivity contribution in [3.05, 3.63) is 0 Å². The topological polar surface area (TPSA) is 39.7 Å². The van der Waals surface area contributed by atoms with Crippen LogP contribution in [0.4, 0.5) is 0 Å². The Labute approximate surface area is 99.6 Å². The first-order chi connectivity index (χ1) is 7.70. The number of hydrogen-bond acceptors (Lipinski definition) is 4. The monoisotopic (exact) mass is 233 g/mol. The second kappa shape index (κ2) is 11.3. The second-order valence-corrected chi connectivity index (χ2v) is 4.20. The molecular weight excluding hydrogens is 206 g/mol. The molecule has 98 valence electrons. The molecule has 4 nitrogen and oxygen atoms in total. The Morgan fingerprint density at radius 1 is 1.12 bits per heavy atom. The van der Waals surface area contributed by atoms with Crippen LogP contribution in [-0.4, -0.2) is 52.7 Å². The maximum atomic E-state index is 5.65. The Kier molecular flexibility index (Phi) is 11.2. The van der Waals surface area contributed by atoms with Crippen LogP contribution in [0, 0.1) is 5.92 Å². The average Bonchev–Trinajstić information content (AvgIpc) is 2.23. The van der Waals surface area contributed by atoms with E-state index in [0.717, 1.165) is 19.7 Å². The Hall–Kier alpha value is -0.160. The molecular formula is C12H27NO3. The first-order valence-corrected chi connectivity index (χ1v) is 6.09. The second-order valence-electron chi connectivity index (χ2n) is 4.20. The van der Waals surface area contributed by atoms with Crippen molar-refractivity contribution in [1.29, 1.82) is 0 Å². The Morgan fingerprint density at radius 3 is 2.44 bits per heavy atom. The maximum absolute atomic E-state index is 5.65. The van der Waals surface area contributed by atoms with Gasteiger partial charge in [0.2, 0.25) is 0 Å². The number of methoxy groups -OCH3 is 1. The van der Waals surface area contributed by atoms with Crippen molar-refractivity contribution >= 4 is 0 Å². The van der Waals surface area contributed by atoms with E-state index in [1.54, 1.807) is 7.11 Å². The molecule has 0 saturated carbocycles. The summed E-state index contributed by atoms with van der Waals surface area (Å²) in [6.07, 6.45) is 0.115. The normalized spacial score (nSPS) is 13.3. The van der Waals surface area contributed by atoms with Crippen LogP contribution < -0.4 is 5.32 Å². The molecule has 0 spiro atoms. The van der Waals surface area contributed by atoms with E-state index in [2.05, 4.69) is 19.2 Å². The highest BCUT2D eigenvalue weighted by molar-refractivity contribution is 4.62. The highest BCUT2D eigenvalue weighted by atomic mass is 16.5. The summed E-state index contributed by atoms with van der Waals surface area (Å²) in [4.78, 5) is 0. The van der Waals surface area contributed by atoms with Crippen molar-refractivity contribution in [2.24, 2.45) is 5.92 Å². The summed E-state index contributed by atoms with van der Waals surface area (Å²) in [6.45, 7) is 10.8. The average molecular weight is 233 g/mol. The van der Waals surface area contributed by atoms with Crippen LogP contribution in [0.25, 0.3) is 0 Å². The summed E-state index contributed by atoms with van der Waals surface area (Å²) in [5, 5.41) is 3.36. The first kappa shape index (κ1) is 15.8. The quantitative estimate of drug-likeness (QED) is 0.546. The van der Waals surface area contributed by atoms with Crippen LogP contribution in [0.15, 0.2) is 0 Å². The number of ether oxygens (including phenoxy) is 3. The van der Waals surface area contributed by atoms with Crippen LogP contribution in [0.3, 0.4) is 0 Å². The van der Waals surface area contributed by atoms with Crippen molar-refractivity contribution in [3.63, 3.8) is 0 Å². The molecule has 0 amide bonds. The van der Waals surface area contributed by atoms with E-state index in [4.69, 9.17) is 14.2 Å². The van der Waals surface area contributed by atoms with Gasteiger partial charge in [-0.05, 0) is 19.4 Å². The molecule has 0 aromatic carbocycles. The van der Waals surface area contributed by atoms with E-state index in [1.807, 2.05) is 6.92 Å². The minimum atomic E-state index is 0.115. The third-order valence-corrected chi connectivity index (χ3v) is 2.06. The minimum absolute atomic E-state index is 0.115. The fourth-order valence-electron chi connectivity index (χ4n) is 1.30. The van der Waals surface area contributed by atoms with Crippen LogP contribution in [0.5, 0.6) is 0 Å². The van der Waals surface area contributed by atoms with Gasteiger partial charge in [0, 0.05) is 20.3 Å². The van der Waals surface area contributed by atoms with Crippen molar-refractivity contribution in [2.75, 3.05) is 46.6 Å². The van der Waals surface area contributed by atoms with E-state index < -0.39 is 0 Å². The van der Waals surface area contributed by atoms with Crippen LogP contribution in [-0.2, 0) is 14.2 Å². The van der Waals surface area contributed by atoms with Gasteiger partial charge in [0.25, 0.3) is 0 Å². The van der Waals surface area contributed by atoms with Crippen molar-refractivity contribution in [1.82, 2.24) is 5.32 Å². The van der Waals surface area contributed by atoms with Gasteiger partial charge in [-0.3, -0.25) is 0 Å². The van der Waals surface area contributed by atoms with Gasteiger partial charge in [0.15, 0.2) is 0 Å². The molecule has 1 atom stereocenters. The molecule has 0 aliphatic heterocycles. The van der Waals surface area contributed by atoms with E-state index in [1.165, 1.54) is 0 Å². The van der Waals surface area contributed by atoms with E-state index in [-0.39, 0.29) is 6.10 Å². The standard InChI is InChI=1S/C12H27NO3/c1-5-15-6-7-16-12(10-14-4)9-13-8-11(2)3/h11-13H,5-10H2,1-4H3. The van der Waals surface area contributed by atoms with Crippen molar-refractivity contribution < 1.29 is 14.2 Å². The lowest BCUT2D eigenvalue weighted by Gasteiger charge is -2.18. The van der Waals surface area contributed by atoms with Gasteiger partial charge in [0.1, 0.15) is 0 Å². The fourth-order valence-corrected chi connectivity index (χ4v) is 1.30. The summed E-state index contributed by atoms with van der Waals surface area (Å²) < 4.78 is 16.0. The lowest BCUT2D eigenvalue weighted by molar-refractivity contribution is -0.0259. The molecule has 4 heteroatoms. The van der Waals surface area contributed by atoms with Gasteiger partial charge in [-0.2, -0.15) is 0 Å². The maximum Gasteiger partial charge on any atom is 0.0933 e. The van der Waals surface area contributed by atoms with Gasteiger partial charge >= 0.3 is 0 Å². The van der Waals surface area contributed by atoms with Crippen molar-refractivity contribution in [3.8, 4) is 0 Å². The van der Waals surface area contributed by atoms with E-state index in [0.29, 0.717) is 25.7 Å². The van der Waals surface area contributed by atoms with E-state index in [9.17, 15) is 0 Å². The molecule has 0 bridgehead atoms. The highest BCUT2D eigenvalue weighted by Crippen LogP contribution is 1.94. The SMILES string of the molecule is CCOCCOC(CNCC(C)C)COC. The molecule has 16 heavy (non-hydrogen) atoms. The summed E-state index contributed by atoms with van der Waals surface area (Å²) in [7, 11) is 1.70. The summed E-state index contributed by atoms with van der Waals surface area (Å²) in [6, 6.07) is 0. The van der Waals surface area contributed by atoms with Crippen LogP contribution in [0.2, 0.25) is 0 Å². The van der Waals surface area contributed by atoms with Crippen LogP contribution in [0.1, 0.15) is 20.8 Å². The summed E-state index contributed by atoms with van der Waals surface area (Å²) in [5.41, 5.74) is 0. The molecule has 0 heterocycles. The molecule has 0 aliphatic rings. The fraction of sp³-hybridized carbons (Fsp3) is 1.00. The minimum Gasteiger partial charge on any atom is -0.382 e. The largest absolute Gasteiger partial charge is 0.382 e. The zero-order chi connectivity index (χ0) is 12.2. The molecule has 1 unspecified atom stereocenters. The third-order valence-electron chi connectivity index (χ3n) is 2.06. The molecule has 0 fully saturated rings. The van der Waals surface area contributed by atoms with Crippen LogP contribution >= 0.6 is 0 Å². The van der Waals surface area contributed by atoms with Crippen molar-refractivity contribution in [2.45, 2.75) is 26.9 Å². The third kappa shape index (κ3) is 10.4. The summed E-state index contributed by atoms with van der Waals surface area (Å²) >= 11 is 0. The molecule has 0 aromatic rings. The molecule has 0 saturated heterocycles. The van der Waals surface area contributed by atoms with Gasteiger partial charge < -0.3 is 19.5 Å². The van der Waals surface area contributed by atoms with Gasteiger partial charge in [-0.25, -0.2) is 0 Å². The lowest BCUT2D eigenvalue weighted by atomic mass is 10.2. The Bertz CT molecular complexity index is 142. The molecule has 1 N–H and O–H groups in total. The molecule has 0 aromatic heterocycles. The smallest absolute Gasteiger partial charge is 0.0933 e. The predicted octanol–water partition coefficient (Wildman–Crippen LogP) is 1.30. The number of nitrogens with one attached hydrogen (secondary N) is 1. The van der Waals surface area contributed by atoms with Gasteiger partial charge in [0.05, 0.1) is 25.9 Å². The Balaban J connectivity index is 3.53. The van der Waals surface area contributed by atoms with Gasteiger partial charge in [-0.1, -0.05) is 13.8 Å². The highest BCUT2D eigenvalue weighted by Gasteiger charge is 2.08. The zero-order valence-corrected chi connectivity index (χ0v) is 11.1. The molecule has 0 rings (SSSR count). The molecule has 0 radical (unpaired) electrons.